The minimum Gasteiger partial charge on any atom is -0.456 e. The average Bonchev–Trinajstić information content (AvgIpc) is 2.78. The summed E-state index contributed by atoms with van der Waals surface area (Å²) in [6.45, 7) is 3.65. The summed E-state index contributed by atoms with van der Waals surface area (Å²) in [5.41, 5.74) is 2.25. The number of fused-ring (bicyclic) bond motifs is 1. The molecule has 1 N–H and O–H groups in total. The highest BCUT2D eigenvalue weighted by atomic mass is 16.6. The van der Waals surface area contributed by atoms with E-state index >= 15 is 0 Å². The molecule has 0 aliphatic carbocycles. The number of benzene rings is 1. The number of para-hydroxylation sites is 1. The summed E-state index contributed by atoms with van der Waals surface area (Å²) >= 11 is 0. The van der Waals surface area contributed by atoms with Gasteiger partial charge >= 0.3 is 5.97 Å². The van der Waals surface area contributed by atoms with Crippen LogP contribution in [0.15, 0.2) is 24.3 Å². The van der Waals surface area contributed by atoms with E-state index in [-0.39, 0.29) is 19.0 Å². The van der Waals surface area contributed by atoms with E-state index in [0.29, 0.717) is 12.2 Å². The number of aromatic nitrogens is 1. The van der Waals surface area contributed by atoms with Crippen molar-refractivity contribution in [1.82, 2.24) is 4.98 Å². The first-order valence-corrected chi connectivity index (χ1v) is 6.47. The molecule has 0 unspecified atom stereocenters. The predicted molar refractivity (Wildman–Crippen MR) is 74.8 cm³/mol. The van der Waals surface area contributed by atoms with Crippen LogP contribution < -0.4 is 0 Å². The second-order valence-corrected chi connectivity index (χ2v) is 4.39. The van der Waals surface area contributed by atoms with Crippen molar-refractivity contribution in [2.45, 2.75) is 13.8 Å². The van der Waals surface area contributed by atoms with E-state index < -0.39 is 5.97 Å². The van der Waals surface area contributed by atoms with Crippen LogP contribution in [0.2, 0.25) is 0 Å². The first kappa shape index (κ1) is 14.3. The van der Waals surface area contributed by atoms with Crippen LogP contribution in [0.3, 0.4) is 0 Å². The lowest BCUT2D eigenvalue weighted by atomic mass is 10.1. The normalized spacial score (nSPS) is 10.7. The van der Waals surface area contributed by atoms with E-state index in [1.165, 1.54) is 0 Å². The maximum absolute atomic E-state index is 12.2. The van der Waals surface area contributed by atoms with Crippen molar-refractivity contribution in [1.29, 1.82) is 0 Å². The Labute approximate surface area is 116 Å². The smallest absolute Gasteiger partial charge is 0.332 e. The van der Waals surface area contributed by atoms with Gasteiger partial charge < -0.3 is 14.5 Å². The van der Waals surface area contributed by atoms with Crippen LogP contribution in [0.25, 0.3) is 10.9 Å². The monoisotopic (exact) mass is 275 g/mol. The molecule has 20 heavy (non-hydrogen) atoms. The summed E-state index contributed by atoms with van der Waals surface area (Å²) in [6.07, 6.45) is 0. The molecule has 0 aliphatic heterocycles. The number of carbonyl (C=O) groups excluding carboxylic acids is 2. The molecular weight excluding hydrogens is 258 g/mol. The van der Waals surface area contributed by atoms with E-state index in [9.17, 15) is 9.59 Å². The quantitative estimate of drug-likeness (QED) is 0.648. The number of carbonyl (C=O) groups is 2. The van der Waals surface area contributed by atoms with Crippen LogP contribution >= 0.6 is 0 Å². The molecule has 0 saturated carbocycles. The summed E-state index contributed by atoms with van der Waals surface area (Å²) in [6, 6.07) is 7.54. The molecule has 106 valence electrons. The van der Waals surface area contributed by atoms with Gasteiger partial charge in [-0.2, -0.15) is 0 Å². The number of rotatable bonds is 6. The maximum atomic E-state index is 12.2. The average molecular weight is 275 g/mol. The molecule has 2 rings (SSSR count). The Hall–Kier alpha value is -2.14. The Bertz CT molecular complexity index is 630. The molecule has 0 bridgehead atoms. The fourth-order valence-corrected chi connectivity index (χ4v) is 2.08. The third kappa shape index (κ3) is 3.05. The van der Waals surface area contributed by atoms with Gasteiger partial charge in [-0.1, -0.05) is 18.2 Å². The standard InChI is InChI=1S/C15H17NO4/c1-3-19-9-14(18)20-8-13(17)15-10(2)16-12-7-5-4-6-11(12)15/h4-7,16H,3,8-9H2,1-2H3. The van der Waals surface area contributed by atoms with Gasteiger partial charge in [0.05, 0.1) is 0 Å². The van der Waals surface area contributed by atoms with Crippen LogP contribution in [0, 0.1) is 6.92 Å². The minimum atomic E-state index is -0.530. The van der Waals surface area contributed by atoms with E-state index in [4.69, 9.17) is 9.47 Å². The molecule has 0 atom stereocenters. The number of ether oxygens (including phenoxy) is 2. The molecule has 0 spiro atoms. The maximum Gasteiger partial charge on any atom is 0.332 e. The predicted octanol–water partition coefficient (Wildman–Crippen LogP) is 2.24. The number of ketones is 1. The van der Waals surface area contributed by atoms with Crippen molar-refractivity contribution in [3.8, 4) is 0 Å². The second kappa shape index (κ2) is 6.34. The van der Waals surface area contributed by atoms with Crippen LogP contribution in [0.5, 0.6) is 0 Å². The molecule has 1 aromatic heterocycles. The van der Waals surface area contributed by atoms with Crippen LogP contribution in [-0.2, 0) is 14.3 Å². The highest BCUT2D eigenvalue weighted by Crippen LogP contribution is 2.22. The molecule has 2 aromatic rings. The summed E-state index contributed by atoms with van der Waals surface area (Å²) < 4.78 is 9.83. The number of hydrogen-bond acceptors (Lipinski definition) is 4. The molecule has 0 amide bonds. The van der Waals surface area contributed by atoms with Gasteiger partial charge in [0.25, 0.3) is 0 Å². The van der Waals surface area contributed by atoms with E-state index in [1.54, 1.807) is 6.92 Å². The Morgan fingerprint density at radius 1 is 1.20 bits per heavy atom. The van der Waals surface area contributed by atoms with Crippen molar-refractivity contribution in [3.63, 3.8) is 0 Å². The number of aryl methyl sites for hydroxylation is 1. The lowest BCUT2D eigenvalue weighted by Gasteiger charge is -2.04. The van der Waals surface area contributed by atoms with Crippen LogP contribution in [0.4, 0.5) is 0 Å². The number of hydrogen-bond donors (Lipinski definition) is 1. The Kier molecular flexibility index (Phi) is 4.53. The fraction of sp³-hybridized carbons (Fsp3) is 0.333. The molecule has 1 heterocycles. The zero-order valence-corrected chi connectivity index (χ0v) is 11.6. The van der Waals surface area contributed by atoms with E-state index in [2.05, 4.69) is 4.98 Å². The van der Waals surface area contributed by atoms with Gasteiger partial charge in [-0.25, -0.2) is 4.79 Å². The van der Waals surface area contributed by atoms with Gasteiger partial charge in [0.15, 0.2) is 6.61 Å². The Morgan fingerprint density at radius 3 is 2.70 bits per heavy atom. The number of Topliss-reactive ketones (excluding diaryl/α,β-unsaturated/α-hetero) is 1. The number of H-pyrrole nitrogens is 1. The van der Waals surface area contributed by atoms with Gasteiger partial charge in [-0.05, 0) is 19.9 Å². The van der Waals surface area contributed by atoms with Gasteiger partial charge in [0, 0.05) is 28.8 Å². The fourth-order valence-electron chi connectivity index (χ4n) is 2.08. The molecule has 0 saturated heterocycles. The van der Waals surface area contributed by atoms with Crippen LogP contribution in [0.1, 0.15) is 23.0 Å². The lowest BCUT2D eigenvalue weighted by molar-refractivity contribution is -0.147. The summed E-state index contributed by atoms with van der Waals surface area (Å²) in [7, 11) is 0. The highest BCUT2D eigenvalue weighted by molar-refractivity contribution is 6.10. The molecule has 0 aliphatic rings. The van der Waals surface area contributed by atoms with Gasteiger partial charge in [0.1, 0.15) is 6.61 Å². The SMILES string of the molecule is CCOCC(=O)OCC(=O)c1c(C)[nH]c2ccccc12. The van der Waals surface area contributed by atoms with E-state index in [1.807, 2.05) is 31.2 Å². The van der Waals surface area contributed by atoms with Crippen molar-refractivity contribution in [2.75, 3.05) is 19.8 Å². The number of esters is 1. The molecule has 0 radical (unpaired) electrons. The zero-order valence-electron chi connectivity index (χ0n) is 11.6. The van der Waals surface area contributed by atoms with Crippen molar-refractivity contribution in [2.24, 2.45) is 0 Å². The van der Waals surface area contributed by atoms with Crippen molar-refractivity contribution < 1.29 is 19.1 Å². The number of aromatic amines is 1. The highest BCUT2D eigenvalue weighted by Gasteiger charge is 2.17. The van der Waals surface area contributed by atoms with E-state index in [0.717, 1.165) is 16.6 Å². The third-order valence-corrected chi connectivity index (χ3v) is 2.96. The third-order valence-electron chi connectivity index (χ3n) is 2.96. The molecule has 5 heteroatoms. The van der Waals surface area contributed by atoms with Crippen molar-refractivity contribution in [3.05, 3.63) is 35.5 Å². The summed E-state index contributed by atoms with van der Waals surface area (Å²) in [5.74, 6) is -0.748. The molecule has 1 aromatic carbocycles. The van der Waals surface area contributed by atoms with Crippen LogP contribution in [-0.4, -0.2) is 36.6 Å². The van der Waals surface area contributed by atoms with Gasteiger partial charge in [-0.15, -0.1) is 0 Å². The minimum absolute atomic E-state index is 0.128. The molecule has 5 nitrogen and oxygen atoms in total. The lowest BCUT2D eigenvalue weighted by Crippen LogP contribution is -2.18. The Morgan fingerprint density at radius 2 is 1.95 bits per heavy atom. The van der Waals surface area contributed by atoms with Crippen molar-refractivity contribution >= 4 is 22.7 Å². The first-order chi connectivity index (χ1) is 9.63. The topological polar surface area (TPSA) is 68.4 Å². The first-order valence-electron chi connectivity index (χ1n) is 6.47. The second-order valence-electron chi connectivity index (χ2n) is 4.39. The zero-order chi connectivity index (χ0) is 14.5. The Balaban J connectivity index is 2.08. The summed E-state index contributed by atoms with van der Waals surface area (Å²) in [4.78, 5) is 26.6. The van der Waals surface area contributed by atoms with Gasteiger partial charge in [0.2, 0.25) is 5.78 Å². The number of nitrogens with one attached hydrogen (secondary N) is 1. The molecule has 0 fully saturated rings. The molecular formula is C15H17NO4. The summed E-state index contributed by atoms with van der Waals surface area (Å²) in [5, 5.41) is 0.843. The van der Waals surface area contributed by atoms with Gasteiger partial charge in [-0.3, -0.25) is 4.79 Å². The largest absolute Gasteiger partial charge is 0.456 e.